The van der Waals surface area contributed by atoms with E-state index in [-0.39, 0.29) is 6.03 Å². The van der Waals surface area contributed by atoms with Gasteiger partial charge in [0.1, 0.15) is 0 Å². The lowest BCUT2D eigenvalue weighted by molar-refractivity contribution is 0.212. The van der Waals surface area contributed by atoms with E-state index in [1.807, 2.05) is 37.3 Å². The average Bonchev–Trinajstić information content (AvgIpc) is 2.60. The molecule has 0 spiro atoms. The first-order valence-corrected chi connectivity index (χ1v) is 7.49. The first kappa shape index (κ1) is 16.7. The van der Waals surface area contributed by atoms with E-state index in [0.717, 1.165) is 5.56 Å². The molecule has 0 saturated heterocycles. The molecule has 0 aliphatic heterocycles. The molecule has 0 atom stereocenters. The maximum absolute atomic E-state index is 12.4. The Hall–Kier alpha value is -2.69. The third-order valence-electron chi connectivity index (χ3n) is 3.52. The van der Waals surface area contributed by atoms with Crippen molar-refractivity contribution in [2.75, 3.05) is 26.1 Å². The van der Waals surface area contributed by atoms with Gasteiger partial charge in [-0.3, -0.25) is 0 Å². The molecular weight excluding hydrogens is 292 g/mol. The number of nitrogens with one attached hydrogen (secondary N) is 1. The van der Waals surface area contributed by atoms with E-state index in [4.69, 9.17) is 9.47 Å². The minimum absolute atomic E-state index is 0.149. The second-order valence-corrected chi connectivity index (χ2v) is 5.00. The molecule has 0 heterocycles. The first-order chi connectivity index (χ1) is 11.2. The standard InChI is InChI=1S/C18H22N2O3/c1-4-20(13-14-8-6-5-7-9-14)18(21)19-15-10-11-16(22-2)17(12-15)23-3/h5-12H,4,13H2,1-3H3,(H,19,21). The quantitative estimate of drug-likeness (QED) is 0.883. The van der Waals surface area contributed by atoms with Crippen LogP contribution in [-0.2, 0) is 6.54 Å². The zero-order chi connectivity index (χ0) is 16.7. The van der Waals surface area contributed by atoms with Crippen molar-refractivity contribution in [2.45, 2.75) is 13.5 Å². The molecule has 2 aromatic rings. The smallest absolute Gasteiger partial charge is 0.322 e. The van der Waals surface area contributed by atoms with Gasteiger partial charge in [-0.15, -0.1) is 0 Å². The van der Waals surface area contributed by atoms with E-state index in [9.17, 15) is 4.79 Å². The third-order valence-corrected chi connectivity index (χ3v) is 3.52. The Morgan fingerprint density at radius 1 is 1.04 bits per heavy atom. The van der Waals surface area contributed by atoms with E-state index in [0.29, 0.717) is 30.3 Å². The molecule has 0 bridgehead atoms. The molecule has 0 unspecified atom stereocenters. The minimum atomic E-state index is -0.149. The van der Waals surface area contributed by atoms with Gasteiger partial charge in [0.25, 0.3) is 0 Å². The third kappa shape index (κ3) is 4.39. The van der Waals surface area contributed by atoms with E-state index in [1.54, 1.807) is 37.3 Å². The van der Waals surface area contributed by atoms with Crippen molar-refractivity contribution in [3.05, 3.63) is 54.1 Å². The molecule has 2 aromatic carbocycles. The number of carbonyl (C=O) groups is 1. The van der Waals surface area contributed by atoms with Crippen LogP contribution in [0.5, 0.6) is 11.5 Å². The summed E-state index contributed by atoms with van der Waals surface area (Å²) in [6.07, 6.45) is 0. The summed E-state index contributed by atoms with van der Waals surface area (Å²) in [5.74, 6) is 1.21. The van der Waals surface area contributed by atoms with Crippen LogP contribution in [0, 0.1) is 0 Å². The fourth-order valence-electron chi connectivity index (χ4n) is 2.25. The van der Waals surface area contributed by atoms with Gasteiger partial charge in [0.15, 0.2) is 11.5 Å². The number of carbonyl (C=O) groups excluding carboxylic acids is 1. The molecule has 0 aliphatic rings. The molecule has 5 heteroatoms. The number of rotatable bonds is 6. The summed E-state index contributed by atoms with van der Waals surface area (Å²) in [4.78, 5) is 14.2. The summed E-state index contributed by atoms with van der Waals surface area (Å²) < 4.78 is 10.4. The Bertz CT molecular complexity index is 644. The van der Waals surface area contributed by atoms with Crippen LogP contribution in [0.1, 0.15) is 12.5 Å². The summed E-state index contributed by atoms with van der Waals surface area (Å²) in [5.41, 5.74) is 1.76. The van der Waals surface area contributed by atoms with Gasteiger partial charge in [0, 0.05) is 24.8 Å². The summed E-state index contributed by atoms with van der Waals surface area (Å²) in [7, 11) is 3.14. The maximum atomic E-state index is 12.4. The number of urea groups is 1. The van der Waals surface area contributed by atoms with Crippen LogP contribution in [0.4, 0.5) is 10.5 Å². The van der Waals surface area contributed by atoms with Gasteiger partial charge in [-0.05, 0) is 24.6 Å². The number of amides is 2. The largest absolute Gasteiger partial charge is 0.493 e. The van der Waals surface area contributed by atoms with Gasteiger partial charge >= 0.3 is 6.03 Å². The second-order valence-electron chi connectivity index (χ2n) is 5.00. The monoisotopic (exact) mass is 314 g/mol. The number of benzene rings is 2. The van der Waals surface area contributed by atoms with Crippen LogP contribution in [0.15, 0.2) is 48.5 Å². The molecule has 2 amide bonds. The van der Waals surface area contributed by atoms with Gasteiger partial charge in [-0.25, -0.2) is 4.79 Å². The molecule has 0 radical (unpaired) electrons. The zero-order valence-corrected chi connectivity index (χ0v) is 13.7. The van der Waals surface area contributed by atoms with Crippen LogP contribution >= 0.6 is 0 Å². The predicted octanol–water partition coefficient (Wildman–Crippen LogP) is 3.76. The Morgan fingerprint density at radius 3 is 2.35 bits per heavy atom. The average molecular weight is 314 g/mol. The van der Waals surface area contributed by atoms with E-state index < -0.39 is 0 Å². The van der Waals surface area contributed by atoms with E-state index in [2.05, 4.69) is 5.32 Å². The van der Waals surface area contributed by atoms with Crippen molar-refractivity contribution < 1.29 is 14.3 Å². The SMILES string of the molecule is CCN(Cc1ccccc1)C(=O)Nc1ccc(OC)c(OC)c1. The zero-order valence-electron chi connectivity index (χ0n) is 13.7. The minimum Gasteiger partial charge on any atom is -0.493 e. The molecule has 122 valence electrons. The number of anilines is 1. The Morgan fingerprint density at radius 2 is 1.74 bits per heavy atom. The highest BCUT2D eigenvalue weighted by Gasteiger charge is 2.13. The summed E-state index contributed by atoms with van der Waals surface area (Å²) in [6.45, 7) is 3.14. The molecule has 0 aliphatic carbocycles. The molecule has 0 aromatic heterocycles. The van der Waals surface area contributed by atoms with Crippen molar-refractivity contribution in [2.24, 2.45) is 0 Å². The number of hydrogen-bond acceptors (Lipinski definition) is 3. The Labute approximate surface area is 136 Å². The number of hydrogen-bond donors (Lipinski definition) is 1. The Balaban J connectivity index is 2.07. The maximum Gasteiger partial charge on any atom is 0.322 e. The van der Waals surface area contributed by atoms with E-state index in [1.165, 1.54) is 0 Å². The summed E-state index contributed by atoms with van der Waals surface area (Å²) >= 11 is 0. The van der Waals surface area contributed by atoms with Gasteiger partial charge in [0.2, 0.25) is 0 Å². The van der Waals surface area contributed by atoms with Crippen molar-refractivity contribution in [3.8, 4) is 11.5 Å². The molecular formula is C18H22N2O3. The molecule has 1 N–H and O–H groups in total. The first-order valence-electron chi connectivity index (χ1n) is 7.49. The molecule has 23 heavy (non-hydrogen) atoms. The highest BCUT2D eigenvalue weighted by atomic mass is 16.5. The molecule has 0 saturated carbocycles. The van der Waals surface area contributed by atoms with Crippen LogP contribution < -0.4 is 14.8 Å². The summed E-state index contributed by atoms with van der Waals surface area (Å²) in [5, 5.41) is 2.89. The number of ether oxygens (including phenoxy) is 2. The lowest BCUT2D eigenvalue weighted by Gasteiger charge is -2.22. The topological polar surface area (TPSA) is 50.8 Å². The van der Waals surface area contributed by atoms with Crippen molar-refractivity contribution >= 4 is 11.7 Å². The van der Waals surface area contributed by atoms with Crippen LogP contribution in [0.3, 0.4) is 0 Å². The van der Waals surface area contributed by atoms with Crippen LogP contribution in [-0.4, -0.2) is 31.7 Å². The number of nitrogens with zero attached hydrogens (tertiary/aromatic N) is 1. The highest BCUT2D eigenvalue weighted by Crippen LogP contribution is 2.29. The molecule has 5 nitrogen and oxygen atoms in total. The summed E-state index contributed by atoms with van der Waals surface area (Å²) in [6, 6.07) is 15.1. The molecule has 2 rings (SSSR count). The van der Waals surface area contributed by atoms with Crippen LogP contribution in [0.25, 0.3) is 0 Å². The van der Waals surface area contributed by atoms with Crippen LogP contribution in [0.2, 0.25) is 0 Å². The number of methoxy groups -OCH3 is 2. The lowest BCUT2D eigenvalue weighted by atomic mass is 10.2. The molecule has 0 fully saturated rings. The van der Waals surface area contributed by atoms with Gasteiger partial charge in [0.05, 0.1) is 14.2 Å². The predicted molar refractivity (Wildman–Crippen MR) is 91.1 cm³/mol. The fraction of sp³-hybridized carbons (Fsp3) is 0.278. The van der Waals surface area contributed by atoms with Crippen molar-refractivity contribution in [1.82, 2.24) is 4.90 Å². The highest BCUT2D eigenvalue weighted by molar-refractivity contribution is 5.89. The fourth-order valence-corrected chi connectivity index (χ4v) is 2.25. The van der Waals surface area contributed by atoms with Gasteiger partial charge < -0.3 is 19.7 Å². The van der Waals surface area contributed by atoms with Gasteiger partial charge in [-0.2, -0.15) is 0 Å². The second kappa shape index (κ2) is 8.08. The van der Waals surface area contributed by atoms with Crippen molar-refractivity contribution in [1.29, 1.82) is 0 Å². The normalized spacial score (nSPS) is 10.0. The van der Waals surface area contributed by atoms with Gasteiger partial charge in [-0.1, -0.05) is 30.3 Å². The van der Waals surface area contributed by atoms with E-state index >= 15 is 0 Å². The van der Waals surface area contributed by atoms with Crippen molar-refractivity contribution in [3.63, 3.8) is 0 Å². The Kier molecular flexibility index (Phi) is 5.86. The lowest BCUT2D eigenvalue weighted by Crippen LogP contribution is -2.34.